The molecule has 0 spiro atoms. The molecule has 17 heavy (non-hydrogen) atoms. The molecule has 0 saturated carbocycles. The topological polar surface area (TPSA) is 105 Å². The van der Waals surface area contributed by atoms with Gasteiger partial charge in [0.2, 0.25) is 0 Å². The maximum absolute atomic E-state index is 4.30. The fraction of sp³-hybridized carbons (Fsp3) is 0.111. The Morgan fingerprint density at radius 2 is 2.12 bits per heavy atom. The second kappa shape index (κ2) is 4.08. The molecular formula is C9H8N8. The number of fused-ring (bicyclic) bond motifs is 1. The molecule has 0 aliphatic carbocycles. The first-order valence-electron chi connectivity index (χ1n) is 4.96. The largest absolute Gasteiger partial charge is 0.363 e. The third-order valence-electron chi connectivity index (χ3n) is 2.15. The van der Waals surface area contributed by atoms with Crippen molar-refractivity contribution in [2.75, 3.05) is 5.32 Å². The SMILES string of the molecule is c1cnc2nc(NCc3nn[nH]n3)ccc2n1. The number of anilines is 1. The molecule has 0 aliphatic rings. The zero-order valence-electron chi connectivity index (χ0n) is 8.70. The Morgan fingerprint density at radius 1 is 1.18 bits per heavy atom. The lowest BCUT2D eigenvalue weighted by Gasteiger charge is -2.02. The van der Waals surface area contributed by atoms with E-state index in [0.29, 0.717) is 23.8 Å². The van der Waals surface area contributed by atoms with Crippen LogP contribution in [0.3, 0.4) is 0 Å². The minimum atomic E-state index is 0.454. The minimum absolute atomic E-state index is 0.454. The number of H-pyrrole nitrogens is 1. The molecule has 3 aromatic heterocycles. The van der Waals surface area contributed by atoms with E-state index in [2.05, 4.69) is 40.9 Å². The smallest absolute Gasteiger partial charge is 0.193 e. The van der Waals surface area contributed by atoms with Gasteiger partial charge in [-0.1, -0.05) is 5.21 Å². The molecule has 3 aromatic rings. The number of tetrazole rings is 1. The molecule has 0 fully saturated rings. The summed E-state index contributed by atoms with van der Waals surface area (Å²) in [6, 6.07) is 3.69. The molecule has 8 heteroatoms. The molecule has 0 amide bonds. The number of hydrogen-bond donors (Lipinski definition) is 2. The van der Waals surface area contributed by atoms with Crippen molar-refractivity contribution in [1.29, 1.82) is 0 Å². The second-order valence-electron chi connectivity index (χ2n) is 3.28. The van der Waals surface area contributed by atoms with Crippen molar-refractivity contribution in [3.63, 3.8) is 0 Å². The Morgan fingerprint density at radius 3 is 3.00 bits per heavy atom. The summed E-state index contributed by atoms with van der Waals surface area (Å²) in [5.41, 5.74) is 1.36. The van der Waals surface area contributed by atoms with Gasteiger partial charge in [-0.25, -0.2) is 9.97 Å². The van der Waals surface area contributed by atoms with Gasteiger partial charge in [-0.2, -0.15) is 5.21 Å². The van der Waals surface area contributed by atoms with Crippen molar-refractivity contribution in [1.82, 2.24) is 35.6 Å². The molecule has 3 rings (SSSR count). The molecule has 0 unspecified atom stereocenters. The number of hydrogen-bond acceptors (Lipinski definition) is 7. The van der Waals surface area contributed by atoms with Crippen LogP contribution < -0.4 is 5.32 Å². The van der Waals surface area contributed by atoms with Gasteiger partial charge in [-0.3, -0.25) is 4.98 Å². The van der Waals surface area contributed by atoms with Gasteiger partial charge in [0.05, 0.1) is 6.54 Å². The maximum atomic E-state index is 4.30. The van der Waals surface area contributed by atoms with Crippen molar-refractivity contribution in [3.8, 4) is 0 Å². The lowest BCUT2D eigenvalue weighted by atomic mass is 10.4. The fourth-order valence-electron chi connectivity index (χ4n) is 1.38. The van der Waals surface area contributed by atoms with Gasteiger partial charge in [0.1, 0.15) is 11.3 Å². The molecule has 0 atom stereocenters. The third-order valence-corrected chi connectivity index (χ3v) is 2.15. The summed E-state index contributed by atoms with van der Waals surface area (Å²) < 4.78 is 0. The Kier molecular flexibility index (Phi) is 2.30. The van der Waals surface area contributed by atoms with E-state index in [-0.39, 0.29) is 0 Å². The number of aromatic nitrogens is 7. The molecule has 8 nitrogen and oxygen atoms in total. The maximum Gasteiger partial charge on any atom is 0.193 e. The van der Waals surface area contributed by atoms with E-state index in [1.807, 2.05) is 12.1 Å². The summed E-state index contributed by atoms with van der Waals surface area (Å²) in [5.74, 6) is 1.27. The lowest BCUT2D eigenvalue weighted by molar-refractivity contribution is 0.881. The summed E-state index contributed by atoms with van der Waals surface area (Å²) in [7, 11) is 0. The van der Waals surface area contributed by atoms with Gasteiger partial charge in [-0.05, 0) is 12.1 Å². The van der Waals surface area contributed by atoms with Crippen molar-refractivity contribution < 1.29 is 0 Å². The van der Waals surface area contributed by atoms with Crippen LogP contribution >= 0.6 is 0 Å². The van der Waals surface area contributed by atoms with E-state index >= 15 is 0 Å². The molecule has 0 radical (unpaired) electrons. The van der Waals surface area contributed by atoms with E-state index < -0.39 is 0 Å². The van der Waals surface area contributed by atoms with Gasteiger partial charge >= 0.3 is 0 Å². The molecule has 0 bridgehead atoms. The Bertz CT molecular complexity index is 620. The highest BCUT2D eigenvalue weighted by Gasteiger charge is 2.01. The molecule has 0 aliphatic heterocycles. The minimum Gasteiger partial charge on any atom is -0.363 e. The van der Waals surface area contributed by atoms with Crippen LogP contribution in [0.2, 0.25) is 0 Å². The summed E-state index contributed by atoms with van der Waals surface area (Å²) >= 11 is 0. The standard InChI is InChI=1S/C9H8N8/c1-2-7(12-5-8-14-16-17-15-8)13-9-6(1)10-3-4-11-9/h1-4H,5H2,(H,11,12,13)(H,14,15,16,17). The van der Waals surface area contributed by atoms with E-state index in [1.54, 1.807) is 12.4 Å². The van der Waals surface area contributed by atoms with Crippen LogP contribution in [0.4, 0.5) is 5.82 Å². The fourth-order valence-corrected chi connectivity index (χ4v) is 1.38. The van der Waals surface area contributed by atoms with Crippen LogP contribution in [0.5, 0.6) is 0 Å². The van der Waals surface area contributed by atoms with Crippen molar-refractivity contribution in [2.24, 2.45) is 0 Å². The Hall–Kier alpha value is -2.64. The van der Waals surface area contributed by atoms with Crippen LogP contribution in [-0.4, -0.2) is 35.6 Å². The lowest BCUT2D eigenvalue weighted by Crippen LogP contribution is -2.03. The van der Waals surface area contributed by atoms with Crippen molar-refractivity contribution in [3.05, 3.63) is 30.4 Å². The van der Waals surface area contributed by atoms with Crippen LogP contribution in [0.1, 0.15) is 5.82 Å². The normalized spacial score (nSPS) is 10.6. The number of nitrogens with zero attached hydrogens (tertiary/aromatic N) is 6. The van der Waals surface area contributed by atoms with Gasteiger partial charge in [0.15, 0.2) is 11.5 Å². The quantitative estimate of drug-likeness (QED) is 0.657. The second-order valence-corrected chi connectivity index (χ2v) is 3.28. The Balaban J connectivity index is 1.81. The van der Waals surface area contributed by atoms with Gasteiger partial charge in [0.25, 0.3) is 0 Å². The van der Waals surface area contributed by atoms with Crippen LogP contribution in [0, 0.1) is 0 Å². The van der Waals surface area contributed by atoms with Crippen LogP contribution in [-0.2, 0) is 6.54 Å². The monoisotopic (exact) mass is 228 g/mol. The first-order valence-corrected chi connectivity index (χ1v) is 4.96. The average Bonchev–Trinajstić information content (AvgIpc) is 2.89. The molecule has 0 aromatic carbocycles. The van der Waals surface area contributed by atoms with Gasteiger partial charge in [0, 0.05) is 12.4 Å². The Labute approximate surface area is 95.5 Å². The third kappa shape index (κ3) is 2.00. The molecule has 2 N–H and O–H groups in total. The van der Waals surface area contributed by atoms with E-state index in [0.717, 1.165) is 5.52 Å². The summed E-state index contributed by atoms with van der Waals surface area (Å²) in [6.45, 7) is 0.454. The van der Waals surface area contributed by atoms with E-state index in [9.17, 15) is 0 Å². The predicted molar refractivity (Wildman–Crippen MR) is 58.8 cm³/mol. The van der Waals surface area contributed by atoms with Gasteiger partial charge < -0.3 is 5.32 Å². The zero-order chi connectivity index (χ0) is 11.5. The predicted octanol–water partition coefficient (Wildman–Crippen LogP) is 0.150. The highest BCUT2D eigenvalue weighted by molar-refractivity contribution is 5.71. The van der Waals surface area contributed by atoms with Crippen molar-refractivity contribution >= 4 is 17.0 Å². The highest BCUT2D eigenvalue weighted by Crippen LogP contribution is 2.10. The first-order chi connectivity index (χ1) is 8.42. The van der Waals surface area contributed by atoms with Crippen LogP contribution in [0.15, 0.2) is 24.5 Å². The van der Waals surface area contributed by atoms with E-state index in [1.165, 1.54) is 0 Å². The molecule has 84 valence electrons. The number of aromatic amines is 1. The highest BCUT2D eigenvalue weighted by atomic mass is 15.5. The first kappa shape index (κ1) is 9.58. The van der Waals surface area contributed by atoms with Crippen molar-refractivity contribution in [2.45, 2.75) is 6.54 Å². The zero-order valence-corrected chi connectivity index (χ0v) is 8.70. The molecule has 0 saturated heterocycles. The number of nitrogens with one attached hydrogen (secondary N) is 2. The summed E-state index contributed by atoms with van der Waals surface area (Å²) in [4.78, 5) is 12.6. The number of pyridine rings is 1. The number of rotatable bonds is 3. The summed E-state index contributed by atoms with van der Waals surface area (Å²) in [5, 5.41) is 16.6. The summed E-state index contributed by atoms with van der Waals surface area (Å²) in [6.07, 6.45) is 3.24. The van der Waals surface area contributed by atoms with Crippen LogP contribution in [0.25, 0.3) is 11.2 Å². The van der Waals surface area contributed by atoms with Gasteiger partial charge in [-0.15, -0.1) is 10.2 Å². The average molecular weight is 228 g/mol. The van der Waals surface area contributed by atoms with E-state index in [4.69, 9.17) is 0 Å². The molecular weight excluding hydrogens is 220 g/mol. The molecule has 3 heterocycles.